The molecule has 4 rings (SSSR count). The Morgan fingerprint density at radius 2 is 1.54 bits per heavy atom. The van der Waals surface area contributed by atoms with Crippen LogP contribution in [0.5, 0.6) is 5.75 Å². The zero-order valence-corrected chi connectivity index (χ0v) is 20.3. The van der Waals surface area contributed by atoms with Crippen molar-refractivity contribution >= 4 is 0 Å². The molecular weight excluding hydrogens is 459 g/mol. The highest BCUT2D eigenvalue weighted by Crippen LogP contribution is 2.49. The average molecular weight is 495 g/mol. The standard InChI is InChI=1S/C29H35F5O/c1-2-3-4-5-6-18-7-8-20-14-21(10-9-19(20)13-18)23-16-25(31)28(26(32)17-23)22-11-12-27(24(30)15-22)35-29(33)34/h11-12,15-21,29H,2-10,13-14H2,1H3/t18?,19-,20-,21-/m1/s1. The SMILES string of the molecule is CCCCCCC1CC[C@@H]2C[C@H](c3cc(F)c(-c4ccc(OC(F)F)c(F)c4)c(F)c3)CC[C@@H]2C1. The van der Waals surface area contributed by atoms with E-state index >= 15 is 8.78 Å². The Morgan fingerprint density at radius 3 is 2.23 bits per heavy atom. The van der Waals surface area contributed by atoms with Crippen molar-refractivity contribution in [3.05, 3.63) is 53.3 Å². The Balaban J connectivity index is 1.41. The summed E-state index contributed by atoms with van der Waals surface area (Å²) in [6.45, 7) is -0.945. The molecular formula is C29H35F5O. The predicted octanol–water partition coefficient (Wildman–Crippen LogP) is 9.64. The minimum atomic E-state index is -3.18. The molecule has 1 nitrogen and oxygen atoms in total. The van der Waals surface area contributed by atoms with Crippen molar-refractivity contribution in [2.45, 2.75) is 90.1 Å². The van der Waals surface area contributed by atoms with Crippen LogP contribution in [0.4, 0.5) is 22.0 Å². The molecule has 0 aromatic heterocycles. The summed E-state index contributed by atoms with van der Waals surface area (Å²) in [5.41, 5.74) is 0.252. The molecule has 1 unspecified atom stereocenters. The van der Waals surface area contributed by atoms with Crippen LogP contribution in [0.3, 0.4) is 0 Å². The third-order valence-corrected chi connectivity index (χ3v) is 8.16. The molecule has 2 fully saturated rings. The number of alkyl halides is 2. The number of ether oxygens (including phenoxy) is 1. The van der Waals surface area contributed by atoms with E-state index in [1.54, 1.807) is 0 Å². The number of unbranched alkanes of at least 4 members (excludes halogenated alkanes) is 3. The van der Waals surface area contributed by atoms with Crippen molar-refractivity contribution in [1.29, 1.82) is 0 Å². The fourth-order valence-electron chi connectivity index (χ4n) is 6.36. The van der Waals surface area contributed by atoms with Gasteiger partial charge >= 0.3 is 6.61 Å². The van der Waals surface area contributed by atoms with Crippen LogP contribution in [0.2, 0.25) is 0 Å². The summed E-state index contributed by atoms with van der Waals surface area (Å²) in [5, 5.41) is 0. The first kappa shape index (κ1) is 26.0. The highest BCUT2D eigenvalue weighted by atomic mass is 19.3. The second-order valence-electron chi connectivity index (χ2n) is 10.4. The molecule has 192 valence electrons. The Kier molecular flexibility index (Phi) is 8.72. The minimum absolute atomic E-state index is 0.0494. The molecule has 2 saturated carbocycles. The van der Waals surface area contributed by atoms with E-state index in [0.717, 1.165) is 43.2 Å². The number of fused-ring (bicyclic) bond motifs is 1. The van der Waals surface area contributed by atoms with E-state index in [-0.39, 0.29) is 17.0 Å². The van der Waals surface area contributed by atoms with Gasteiger partial charge in [-0.2, -0.15) is 8.78 Å². The molecule has 0 heterocycles. The lowest BCUT2D eigenvalue weighted by molar-refractivity contribution is -0.0521. The topological polar surface area (TPSA) is 9.23 Å². The van der Waals surface area contributed by atoms with Crippen molar-refractivity contribution in [3.63, 3.8) is 0 Å². The molecule has 2 aromatic carbocycles. The molecule has 4 atom stereocenters. The van der Waals surface area contributed by atoms with Gasteiger partial charge in [0, 0.05) is 0 Å². The Labute approximate surface area is 205 Å². The number of hydrogen-bond acceptors (Lipinski definition) is 1. The largest absolute Gasteiger partial charge is 0.432 e. The van der Waals surface area contributed by atoms with Gasteiger partial charge < -0.3 is 4.74 Å². The van der Waals surface area contributed by atoms with Crippen LogP contribution < -0.4 is 4.74 Å². The number of benzene rings is 2. The van der Waals surface area contributed by atoms with Crippen LogP contribution in [0.25, 0.3) is 11.1 Å². The van der Waals surface area contributed by atoms with Crippen molar-refractivity contribution in [3.8, 4) is 16.9 Å². The van der Waals surface area contributed by atoms with Gasteiger partial charge in [0.25, 0.3) is 0 Å². The molecule has 0 aliphatic heterocycles. The van der Waals surface area contributed by atoms with E-state index in [2.05, 4.69) is 11.7 Å². The molecule has 2 aliphatic rings. The number of halogens is 5. The predicted molar refractivity (Wildman–Crippen MR) is 128 cm³/mol. The van der Waals surface area contributed by atoms with Crippen LogP contribution in [-0.2, 0) is 0 Å². The van der Waals surface area contributed by atoms with E-state index in [1.807, 2.05) is 0 Å². The van der Waals surface area contributed by atoms with Crippen LogP contribution >= 0.6 is 0 Å². The third-order valence-electron chi connectivity index (χ3n) is 8.16. The maximum Gasteiger partial charge on any atom is 0.387 e. The van der Waals surface area contributed by atoms with Gasteiger partial charge in [-0.3, -0.25) is 0 Å². The van der Waals surface area contributed by atoms with Gasteiger partial charge in [-0.1, -0.05) is 51.5 Å². The summed E-state index contributed by atoms with van der Waals surface area (Å²) in [7, 11) is 0. The smallest absolute Gasteiger partial charge is 0.387 e. The molecule has 35 heavy (non-hydrogen) atoms. The fourth-order valence-corrected chi connectivity index (χ4v) is 6.36. The van der Waals surface area contributed by atoms with Crippen molar-refractivity contribution in [2.75, 3.05) is 0 Å². The first-order chi connectivity index (χ1) is 16.9. The van der Waals surface area contributed by atoms with E-state index in [1.165, 1.54) is 69.6 Å². The fraction of sp³-hybridized carbons (Fsp3) is 0.586. The van der Waals surface area contributed by atoms with Crippen molar-refractivity contribution < 1.29 is 26.7 Å². The summed E-state index contributed by atoms with van der Waals surface area (Å²) in [5.74, 6) is -0.992. The van der Waals surface area contributed by atoms with E-state index in [0.29, 0.717) is 11.5 Å². The van der Waals surface area contributed by atoms with Gasteiger partial charge in [0.05, 0.1) is 5.56 Å². The van der Waals surface area contributed by atoms with Crippen LogP contribution in [0.15, 0.2) is 30.3 Å². The highest BCUT2D eigenvalue weighted by molar-refractivity contribution is 5.66. The second-order valence-corrected chi connectivity index (χ2v) is 10.4. The lowest BCUT2D eigenvalue weighted by Gasteiger charge is -2.42. The lowest BCUT2D eigenvalue weighted by Crippen LogP contribution is -2.30. The molecule has 0 saturated heterocycles. The Hall–Kier alpha value is -2.11. The lowest BCUT2D eigenvalue weighted by atomic mass is 9.63. The monoisotopic (exact) mass is 494 g/mol. The summed E-state index contributed by atoms with van der Waals surface area (Å²) in [6, 6.07) is 5.71. The molecule has 2 aromatic rings. The van der Waals surface area contributed by atoms with E-state index in [9.17, 15) is 13.2 Å². The first-order valence-corrected chi connectivity index (χ1v) is 13.1. The van der Waals surface area contributed by atoms with Gasteiger partial charge in [-0.25, -0.2) is 13.2 Å². The first-order valence-electron chi connectivity index (χ1n) is 13.1. The Bertz CT molecular complexity index is 968. The van der Waals surface area contributed by atoms with Crippen molar-refractivity contribution in [2.24, 2.45) is 17.8 Å². The number of rotatable bonds is 9. The van der Waals surface area contributed by atoms with Gasteiger partial charge in [0.1, 0.15) is 11.6 Å². The van der Waals surface area contributed by atoms with Gasteiger partial charge in [-0.15, -0.1) is 0 Å². The number of hydrogen-bond donors (Lipinski definition) is 0. The summed E-state index contributed by atoms with van der Waals surface area (Å²) >= 11 is 0. The summed E-state index contributed by atoms with van der Waals surface area (Å²) in [4.78, 5) is 0. The highest BCUT2D eigenvalue weighted by Gasteiger charge is 2.36. The maximum atomic E-state index is 15.0. The molecule has 6 heteroatoms. The van der Waals surface area contributed by atoms with Crippen LogP contribution in [-0.4, -0.2) is 6.61 Å². The molecule has 0 bridgehead atoms. The van der Waals surface area contributed by atoms with Gasteiger partial charge in [-0.05, 0) is 91.2 Å². The normalized spacial score (nSPS) is 24.4. The van der Waals surface area contributed by atoms with Crippen LogP contribution in [0, 0.1) is 35.2 Å². The maximum absolute atomic E-state index is 15.0. The zero-order chi connectivity index (χ0) is 24.9. The third kappa shape index (κ3) is 6.37. The molecule has 0 radical (unpaired) electrons. The van der Waals surface area contributed by atoms with E-state index in [4.69, 9.17) is 0 Å². The minimum Gasteiger partial charge on any atom is -0.432 e. The average Bonchev–Trinajstić information content (AvgIpc) is 2.82. The molecule has 2 aliphatic carbocycles. The van der Waals surface area contributed by atoms with Gasteiger partial charge in [0.2, 0.25) is 0 Å². The summed E-state index contributed by atoms with van der Waals surface area (Å²) < 4.78 is 73.0. The molecule has 0 spiro atoms. The molecule has 0 amide bonds. The van der Waals surface area contributed by atoms with Crippen molar-refractivity contribution in [1.82, 2.24) is 0 Å². The van der Waals surface area contributed by atoms with E-state index < -0.39 is 29.8 Å². The van der Waals surface area contributed by atoms with Gasteiger partial charge in [0.15, 0.2) is 11.6 Å². The zero-order valence-electron chi connectivity index (χ0n) is 20.3. The second kappa shape index (κ2) is 11.7. The molecule has 0 N–H and O–H groups in total. The van der Waals surface area contributed by atoms with Crippen LogP contribution in [0.1, 0.15) is 89.0 Å². The Morgan fingerprint density at radius 1 is 0.829 bits per heavy atom. The quantitative estimate of drug-likeness (QED) is 0.249. The summed E-state index contributed by atoms with van der Waals surface area (Å²) in [6.07, 6.45) is 13.3.